The minimum absolute atomic E-state index is 0.0565. The molecule has 0 radical (unpaired) electrons. The Balaban J connectivity index is 3.50. The summed E-state index contributed by atoms with van der Waals surface area (Å²) in [4.78, 5) is 11.3. The summed E-state index contributed by atoms with van der Waals surface area (Å²) in [5.74, 6) is -6.72. The SMILES string of the molecule is CCOC(=O)c1c(N)c(F)c(F)c(OC)c1F. The molecule has 0 saturated heterocycles. The molecule has 0 amide bonds. The Morgan fingerprint density at radius 3 is 2.29 bits per heavy atom. The molecule has 0 fully saturated rings. The van der Waals surface area contributed by atoms with Gasteiger partial charge in [-0.05, 0) is 6.92 Å². The summed E-state index contributed by atoms with van der Waals surface area (Å²) in [5.41, 5.74) is 3.31. The molecule has 7 heteroatoms. The standard InChI is InChI=1S/C10H10F3NO3/c1-3-17-10(15)4-5(11)9(16-2)7(13)6(12)8(4)14/h3,14H2,1-2H3. The van der Waals surface area contributed by atoms with Crippen molar-refractivity contribution < 1.29 is 27.4 Å². The van der Waals surface area contributed by atoms with Gasteiger partial charge in [0.1, 0.15) is 5.56 Å². The molecule has 1 aromatic carbocycles. The van der Waals surface area contributed by atoms with Gasteiger partial charge in [-0.3, -0.25) is 0 Å². The number of esters is 1. The van der Waals surface area contributed by atoms with Crippen LogP contribution in [0.4, 0.5) is 18.9 Å². The van der Waals surface area contributed by atoms with Gasteiger partial charge in [-0.15, -0.1) is 0 Å². The van der Waals surface area contributed by atoms with Crippen LogP contribution in [0.1, 0.15) is 17.3 Å². The lowest BCUT2D eigenvalue weighted by Crippen LogP contribution is -2.14. The summed E-state index contributed by atoms with van der Waals surface area (Å²) in [5, 5.41) is 0. The molecule has 1 aromatic rings. The van der Waals surface area contributed by atoms with Crippen LogP contribution in [0.2, 0.25) is 0 Å². The third kappa shape index (κ3) is 2.13. The summed E-state index contributed by atoms with van der Waals surface area (Å²) >= 11 is 0. The number of hydrogen-bond acceptors (Lipinski definition) is 4. The zero-order valence-electron chi connectivity index (χ0n) is 9.14. The topological polar surface area (TPSA) is 61.5 Å². The molecule has 0 spiro atoms. The smallest absolute Gasteiger partial charge is 0.343 e. The van der Waals surface area contributed by atoms with E-state index in [0.29, 0.717) is 0 Å². The van der Waals surface area contributed by atoms with E-state index in [1.165, 1.54) is 6.92 Å². The van der Waals surface area contributed by atoms with Gasteiger partial charge in [-0.25, -0.2) is 13.6 Å². The Labute approximate surface area is 95.1 Å². The minimum atomic E-state index is -1.59. The van der Waals surface area contributed by atoms with Crippen molar-refractivity contribution in [2.45, 2.75) is 6.92 Å². The second-order valence-corrected chi connectivity index (χ2v) is 2.98. The molecule has 17 heavy (non-hydrogen) atoms. The van der Waals surface area contributed by atoms with Gasteiger partial charge >= 0.3 is 5.97 Å². The van der Waals surface area contributed by atoms with Gasteiger partial charge in [0, 0.05) is 0 Å². The predicted octanol–water partition coefficient (Wildman–Crippen LogP) is 1.87. The molecule has 0 heterocycles. The van der Waals surface area contributed by atoms with Gasteiger partial charge in [0.15, 0.2) is 17.4 Å². The zero-order chi connectivity index (χ0) is 13.2. The molecule has 0 atom stereocenters. The van der Waals surface area contributed by atoms with Gasteiger partial charge < -0.3 is 15.2 Å². The fraction of sp³-hybridized carbons (Fsp3) is 0.300. The molecule has 1 rings (SSSR count). The molecule has 0 aliphatic heterocycles. The molecule has 0 saturated carbocycles. The van der Waals surface area contributed by atoms with E-state index in [-0.39, 0.29) is 6.61 Å². The average molecular weight is 249 g/mol. The highest BCUT2D eigenvalue weighted by molar-refractivity contribution is 5.96. The predicted molar refractivity (Wildman–Crippen MR) is 53.2 cm³/mol. The molecular formula is C10H10F3NO3. The van der Waals surface area contributed by atoms with Gasteiger partial charge in [-0.2, -0.15) is 4.39 Å². The molecular weight excluding hydrogens is 239 g/mol. The van der Waals surface area contributed by atoms with E-state index in [2.05, 4.69) is 9.47 Å². The van der Waals surface area contributed by atoms with E-state index in [1.807, 2.05) is 0 Å². The second kappa shape index (κ2) is 4.94. The number of ether oxygens (including phenoxy) is 2. The number of methoxy groups -OCH3 is 1. The monoisotopic (exact) mass is 249 g/mol. The number of anilines is 1. The van der Waals surface area contributed by atoms with E-state index in [1.54, 1.807) is 0 Å². The maximum Gasteiger partial charge on any atom is 0.343 e. The summed E-state index contributed by atoms with van der Waals surface area (Å²) in [6.45, 7) is 1.42. The van der Waals surface area contributed by atoms with E-state index < -0.39 is 40.4 Å². The minimum Gasteiger partial charge on any atom is -0.491 e. The van der Waals surface area contributed by atoms with Crippen LogP contribution < -0.4 is 10.5 Å². The van der Waals surface area contributed by atoms with Crippen molar-refractivity contribution in [3.05, 3.63) is 23.0 Å². The first-order chi connectivity index (χ1) is 7.95. The van der Waals surface area contributed by atoms with Crippen molar-refractivity contribution in [3.8, 4) is 5.75 Å². The van der Waals surface area contributed by atoms with E-state index in [4.69, 9.17) is 5.73 Å². The number of nitrogens with two attached hydrogens (primary N) is 1. The first kappa shape index (κ1) is 13.1. The quantitative estimate of drug-likeness (QED) is 0.504. The summed E-state index contributed by atoms with van der Waals surface area (Å²) < 4.78 is 48.9. The Morgan fingerprint density at radius 1 is 1.24 bits per heavy atom. The summed E-state index contributed by atoms with van der Waals surface area (Å²) in [6.07, 6.45) is 0. The first-order valence-corrected chi connectivity index (χ1v) is 4.62. The molecule has 0 aliphatic carbocycles. The highest BCUT2D eigenvalue weighted by atomic mass is 19.2. The van der Waals surface area contributed by atoms with Crippen LogP contribution >= 0.6 is 0 Å². The van der Waals surface area contributed by atoms with Crippen molar-refractivity contribution in [1.29, 1.82) is 0 Å². The zero-order valence-corrected chi connectivity index (χ0v) is 9.14. The van der Waals surface area contributed by atoms with Crippen molar-refractivity contribution in [2.75, 3.05) is 19.5 Å². The first-order valence-electron chi connectivity index (χ1n) is 4.62. The average Bonchev–Trinajstić information content (AvgIpc) is 2.27. The van der Waals surface area contributed by atoms with E-state index in [9.17, 15) is 18.0 Å². The van der Waals surface area contributed by atoms with Crippen molar-refractivity contribution in [2.24, 2.45) is 0 Å². The Kier molecular flexibility index (Phi) is 3.82. The normalized spacial score (nSPS) is 10.2. The Morgan fingerprint density at radius 2 is 1.82 bits per heavy atom. The number of carbonyl (C=O) groups excluding carboxylic acids is 1. The van der Waals surface area contributed by atoms with Gasteiger partial charge in [-0.1, -0.05) is 0 Å². The highest BCUT2D eigenvalue weighted by Gasteiger charge is 2.28. The van der Waals surface area contributed by atoms with Crippen molar-refractivity contribution in [1.82, 2.24) is 0 Å². The molecule has 4 nitrogen and oxygen atoms in total. The van der Waals surface area contributed by atoms with Crippen LogP contribution in [0.15, 0.2) is 0 Å². The van der Waals surface area contributed by atoms with Crippen LogP contribution in [0.3, 0.4) is 0 Å². The third-order valence-corrected chi connectivity index (χ3v) is 2.00. The summed E-state index contributed by atoms with van der Waals surface area (Å²) in [6, 6.07) is 0. The highest BCUT2D eigenvalue weighted by Crippen LogP contribution is 2.32. The lowest BCUT2D eigenvalue weighted by Gasteiger charge is -2.11. The maximum atomic E-state index is 13.6. The van der Waals surface area contributed by atoms with Crippen molar-refractivity contribution in [3.63, 3.8) is 0 Å². The molecule has 0 aromatic heterocycles. The molecule has 2 N–H and O–H groups in total. The van der Waals surface area contributed by atoms with Crippen LogP contribution in [-0.4, -0.2) is 19.7 Å². The van der Waals surface area contributed by atoms with Crippen molar-refractivity contribution >= 4 is 11.7 Å². The Hall–Kier alpha value is -1.92. The fourth-order valence-electron chi connectivity index (χ4n) is 1.24. The number of rotatable bonds is 3. The largest absolute Gasteiger partial charge is 0.491 e. The van der Waals surface area contributed by atoms with Gasteiger partial charge in [0.2, 0.25) is 5.82 Å². The molecule has 0 bridgehead atoms. The van der Waals surface area contributed by atoms with Crippen LogP contribution in [-0.2, 0) is 4.74 Å². The van der Waals surface area contributed by atoms with Gasteiger partial charge in [0.25, 0.3) is 0 Å². The lowest BCUT2D eigenvalue weighted by atomic mass is 10.1. The maximum absolute atomic E-state index is 13.6. The van der Waals surface area contributed by atoms with Crippen LogP contribution in [0, 0.1) is 17.5 Å². The molecule has 0 aliphatic rings. The number of halogens is 3. The van der Waals surface area contributed by atoms with E-state index in [0.717, 1.165) is 7.11 Å². The second-order valence-electron chi connectivity index (χ2n) is 2.98. The number of carbonyl (C=O) groups is 1. The van der Waals surface area contributed by atoms with Gasteiger partial charge in [0.05, 0.1) is 19.4 Å². The number of benzene rings is 1. The number of nitrogen functional groups attached to an aromatic ring is 1. The molecule has 0 unspecified atom stereocenters. The fourth-order valence-corrected chi connectivity index (χ4v) is 1.24. The van der Waals surface area contributed by atoms with E-state index >= 15 is 0 Å². The van der Waals surface area contributed by atoms with Crippen LogP contribution in [0.25, 0.3) is 0 Å². The summed E-state index contributed by atoms with van der Waals surface area (Å²) in [7, 11) is 0.937. The van der Waals surface area contributed by atoms with Crippen LogP contribution in [0.5, 0.6) is 5.75 Å². The third-order valence-electron chi connectivity index (χ3n) is 2.00. The number of hydrogen-bond donors (Lipinski definition) is 1. The lowest BCUT2D eigenvalue weighted by molar-refractivity contribution is 0.0520. The Bertz CT molecular complexity index is 463. The molecule has 94 valence electrons.